The number of benzene rings is 2. The normalized spacial score (nSPS) is 17.4. The Balaban J connectivity index is 1.45. The summed E-state index contributed by atoms with van der Waals surface area (Å²) in [4.78, 5) is 40.3. The summed E-state index contributed by atoms with van der Waals surface area (Å²) in [7, 11) is -4.52. The van der Waals surface area contributed by atoms with Gasteiger partial charge in [0.2, 0.25) is 5.91 Å². The van der Waals surface area contributed by atoms with Gasteiger partial charge in [-0.15, -0.1) is 4.83 Å². The lowest BCUT2D eigenvalue weighted by molar-refractivity contribution is -0.150. The Labute approximate surface area is 258 Å². The number of fused-ring (bicyclic) bond motifs is 1. The molecule has 4 rings (SSSR count). The van der Waals surface area contributed by atoms with E-state index in [0.717, 1.165) is 83.8 Å². The van der Waals surface area contributed by atoms with Gasteiger partial charge < -0.3 is 21.1 Å². The second-order valence-corrected chi connectivity index (χ2v) is 13.5. The number of hydrogen-bond acceptors (Lipinski definition) is 7. The van der Waals surface area contributed by atoms with Crippen LogP contribution in [0.2, 0.25) is 0 Å². The molecule has 0 saturated carbocycles. The van der Waals surface area contributed by atoms with Gasteiger partial charge in [-0.05, 0) is 108 Å². The monoisotopic (exact) mass is 633 g/mol. The van der Waals surface area contributed by atoms with Crippen LogP contribution in [0.15, 0.2) is 41.3 Å². The molecule has 2 saturated heterocycles. The first-order chi connectivity index (χ1) is 21.1. The Morgan fingerprint density at radius 1 is 0.932 bits per heavy atom. The molecule has 2 aromatic carbocycles. The lowest BCUT2D eigenvalue weighted by Crippen LogP contribution is -2.56. The zero-order chi connectivity index (χ0) is 31.7. The molecule has 2 aliphatic rings. The molecule has 2 heterocycles. The molecule has 0 aliphatic carbocycles. The van der Waals surface area contributed by atoms with E-state index in [2.05, 4.69) is 20.8 Å². The van der Waals surface area contributed by atoms with E-state index in [-0.39, 0.29) is 27.5 Å². The summed E-state index contributed by atoms with van der Waals surface area (Å²) >= 11 is 0. The van der Waals surface area contributed by atoms with Crippen molar-refractivity contribution in [2.75, 3.05) is 32.7 Å². The molecular formula is C31H44FN5O6S. The molecule has 11 nitrogen and oxygen atoms in total. The van der Waals surface area contributed by atoms with Gasteiger partial charge in [-0.25, -0.2) is 22.6 Å². The van der Waals surface area contributed by atoms with Crippen LogP contribution in [0.25, 0.3) is 10.8 Å². The third-order valence-electron chi connectivity index (χ3n) is 8.90. The molecule has 242 valence electrons. The van der Waals surface area contributed by atoms with E-state index >= 15 is 0 Å². The number of carboxylic acid groups (broad SMARTS) is 1. The first-order valence-electron chi connectivity index (χ1n) is 15.5. The van der Waals surface area contributed by atoms with Crippen molar-refractivity contribution in [2.24, 2.45) is 17.8 Å². The van der Waals surface area contributed by atoms with Gasteiger partial charge in [0.05, 0.1) is 11.4 Å². The topological polar surface area (TPSA) is 157 Å². The van der Waals surface area contributed by atoms with E-state index in [1.807, 2.05) is 0 Å². The number of amides is 2. The summed E-state index contributed by atoms with van der Waals surface area (Å²) in [5.41, 5.74) is 0. The summed E-state index contributed by atoms with van der Waals surface area (Å²) in [6.07, 6.45) is 7.45. The van der Waals surface area contributed by atoms with Crippen molar-refractivity contribution in [2.45, 2.75) is 69.2 Å². The lowest BCUT2D eigenvalue weighted by Gasteiger charge is -2.28. The van der Waals surface area contributed by atoms with Crippen LogP contribution in [0.3, 0.4) is 0 Å². The third-order valence-corrected chi connectivity index (χ3v) is 10.3. The minimum Gasteiger partial charge on any atom is -0.480 e. The highest BCUT2D eigenvalue weighted by Gasteiger charge is 2.32. The van der Waals surface area contributed by atoms with Crippen LogP contribution >= 0.6 is 0 Å². The number of aliphatic carboxylic acids is 1. The van der Waals surface area contributed by atoms with Crippen LogP contribution in [-0.2, 0) is 24.4 Å². The van der Waals surface area contributed by atoms with E-state index in [1.54, 1.807) is 12.1 Å². The largest absolute Gasteiger partial charge is 0.480 e. The van der Waals surface area contributed by atoms with E-state index in [4.69, 9.17) is 0 Å². The molecule has 0 radical (unpaired) electrons. The van der Waals surface area contributed by atoms with E-state index in [9.17, 15) is 32.3 Å². The van der Waals surface area contributed by atoms with Crippen LogP contribution in [-0.4, -0.2) is 75.1 Å². The van der Waals surface area contributed by atoms with Crippen molar-refractivity contribution < 1.29 is 32.3 Å². The van der Waals surface area contributed by atoms with Crippen molar-refractivity contribution in [3.63, 3.8) is 0 Å². The van der Waals surface area contributed by atoms with Crippen molar-refractivity contribution >= 4 is 38.6 Å². The highest BCUT2D eigenvalue weighted by molar-refractivity contribution is 7.89. The second-order valence-electron chi connectivity index (χ2n) is 11.9. The SMILES string of the molecule is CC(C(=O)O)N(NS(=O)(=O)c1ccc(F)c2ccccc12)C(=O)CNC(=O)C(CCC1CCNCC1)CCC1CCNCC1. The Bertz CT molecular complexity index is 1390. The fourth-order valence-electron chi connectivity index (χ4n) is 6.12. The summed E-state index contributed by atoms with van der Waals surface area (Å²) in [5, 5.41) is 19.7. The molecule has 2 fully saturated rings. The van der Waals surface area contributed by atoms with E-state index in [0.29, 0.717) is 29.7 Å². The summed E-state index contributed by atoms with van der Waals surface area (Å²) < 4.78 is 41.1. The number of hydrazine groups is 1. The quantitative estimate of drug-likeness (QED) is 0.199. The maximum atomic E-state index is 14.3. The molecule has 0 aromatic heterocycles. The molecule has 1 unspecified atom stereocenters. The van der Waals surface area contributed by atoms with Gasteiger partial charge in [0.15, 0.2) is 0 Å². The van der Waals surface area contributed by atoms with Crippen molar-refractivity contribution in [3.05, 3.63) is 42.2 Å². The predicted octanol–water partition coefficient (Wildman–Crippen LogP) is 2.77. The molecule has 0 bridgehead atoms. The number of carbonyl (C=O) groups is 3. The number of nitrogens with one attached hydrogen (secondary N) is 4. The fourth-order valence-corrected chi connectivity index (χ4v) is 7.45. The van der Waals surface area contributed by atoms with Crippen LogP contribution in [0.5, 0.6) is 0 Å². The summed E-state index contributed by atoms with van der Waals surface area (Å²) in [6.45, 7) is 4.44. The molecule has 13 heteroatoms. The number of piperidine rings is 2. The minimum atomic E-state index is -4.52. The number of carboxylic acids is 1. The summed E-state index contributed by atoms with van der Waals surface area (Å²) in [6, 6.07) is 6.43. The van der Waals surface area contributed by atoms with E-state index in [1.165, 1.54) is 12.1 Å². The molecule has 2 aromatic rings. The Hall–Kier alpha value is -3.13. The number of halogens is 1. The van der Waals surface area contributed by atoms with Crippen LogP contribution in [0.1, 0.15) is 58.3 Å². The standard InChI is InChI=1S/C31H44FN5O6S/c1-21(31(40)41)37(36-44(42,43)28-11-10-27(32)25-4-2-3-5-26(25)28)29(38)20-35-30(39)24(8-6-22-12-16-33-17-13-22)9-7-23-14-18-34-19-15-23/h2-5,10-11,21-24,33-34,36H,6-9,12-20H2,1H3,(H,35,39)(H,40,41). The molecule has 44 heavy (non-hydrogen) atoms. The molecular weight excluding hydrogens is 589 g/mol. The van der Waals surface area contributed by atoms with Gasteiger partial charge in [0.1, 0.15) is 11.9 Å². The molecule has 2 amide bonds. The minimum absolute atomic E-state index is 0.0619. The van der Waals surface area contributed by atoms with Gasteiger partial charge in [-0.1, -0.05) is 24.3 Å². The fraction of sp³-hybridized carbons (Fsp3) is 0.581. The molecule has 2 aliphatic heterocycles. The van der Waals surface area contributed by atoms with Crippen LogP contribution < -0.4 is 20.8 Å². The maximum Gasteiger partial charge on any atom is 0.327 e. The first-order valence-corrected chi connectivity index (χ1v) is 17.0. The van der Waals surface area contributed by atoms with Gasteiger partial charge in [-0.2, -0.15) is 0 Å². The highest BCUT2D eigenvalue weighted by Crippen LogP contribution is 2.28. The molecule has 0 spiro atoms. The Morgan fingerprint density at radius 3 is 2.02 bits per heavy atom. The van der Waals surface area contributed by atoms with Gasteiger partial charge in [0, 0.05) is 16.7 Å². The maximum absolute atomic E-state index is 14.3. The average molecular weight is 634 g/mol. The average Bonchev–Trinajstić information content (AvgIpc) is 3.03. The number of rotatable bonds is 14. The predicted molar refractivity (Wildman–Crippen MR) is 164 cm³/mol. The van der Waals surface area contributed by atoms with E-state index < -0.39 is 40.3 Å². The van der Waals surface area contributed by atoms with Gasteiger partial charge in [-0.3, -0.25) is 9.59 Å². The first kappa shape index (κ1) is 33.8. The zero-order valence-electron chi connectivity index (χ0n) is 25.2. The third kappa shape index (κ3) is 8.96. The van der Waals surface area contributed by atoms with Crippen LogP contribution in [0, 0.1) is 23.6 Å². The smallest absolute Gasteiger partial charge is 0.327 e. The highest BCUT2D eigenvalue weighted by atomic mass is 32.2. The van der Waals surface area contributed by atoms with Crippen molar-refractivity contribution in [1.82, 2.24) is 25.8 Å². The van der Waals surface area contributed by atoms with Gasteiger partial charge >= 0.3 is 5.97 Å². The molecule has 1 atom stereocenters. The lowest BCUT2D eigenvalue weighted by atomic mass is 9.84. The van der Waals surface area contributed by atoms with Crippen LogP contribution in [0.4, 0.5) is 4.39 Å². The van der Waals surface area contributed by atoms with Gasteiger partial charge in [0.25, 0.3) is 15.9 Å². The number of hydrogen-bond donors (Lipinski definition) is 5. The number of nitrogens with zero attached hydrogens (tertiary/aromatic N) is 1. The zero-order valence-corrected chi connectivity index (χ0v) is 26.0. The molecule has 5 N–H and O–H groups in total. The summed E-state index contributed by atoms with van der Waals surface area (Å²) in [5.74, 6) is -2.52. The van der Waals surface area contributed by atoms with Crippen molar-refractivity contribution in [1.29, 1.82) is 0 Å². The number of sulfonamides is 1. The second kappa shape index (κ2) is 15.7. The Kier molecular flexibility index (Phi) is 12.1. The number of carbonyl (C=O) groups excluding carboxylic acids is 2. The Morgan fingerprint density at radius 2 is 1.48 bits per heavy atom. The van der Waals surface area contributed by atoms with Crippen molar-refractivity contribution in [3.8, 4) is 0 Å².